The van der Waals surface area contributed by atoms with E-state index in [1.165, 1.54) is 5.56 Å². The molecule has 0 saturated heterocycles. The Morgan fingerprint density at radius 2 is 1.47 bits per heavy atom. The van der Waals surface area contributed by atoms with Crippen LogP contribution in [0.25, 0.3) is 0 Å². The van der Waals surface area contributed by atoms with Crippen molar-refractivity contribution in [3.8, 4) is 0 Å². The number of carbonyl (C=O) groups excluding carboxylic acids is 1. The van der Waals surface area contributed by atoms with E-state index < -0.39 is 5.54 Å². The molecule has 1 rings (SSSR count). The summed E-state index contributed by atoms with van der Waals surface area (Å²) in [5, 5.41) is 0. The van der Waals surface area contributed by atoms with Crippen LogP contribution < -0.4 is 0 Å². The van der Waals surface area contributed by atoms with E-state index in [9.17, 15) is 4.79 Å². The Balaban J connectivity index is 2.82. The van der Waals surface area contributed by atoms with E-state index in [4.69, 9.17) is 0 Å². The SMILES string of the molecule is CN(C)C(C)(C)C(=O)Cc1ccc(C(C)(C)C)cc1. The van der Waals surface area contributed by atoms with Crippen LogP contribution in [0.2, 0.25) is 0 Å². The molecule has 0 amide bonds. The van der Waals surface area contributed by atoms with Crippen molar-refractivity contribution in [3.05, 3.63) is 35.4 Å². The molecule has 0 unspecified atom stereocenters. The summed E-state index contributed by atoms with van der Waals surface area (Å²) in [5.41, 5.74) is 2.14. The first-order chi connectivity index (χ1) is 8.55. The molecule has 1 aromatic rings. The second-order valence-corrected chi connectivity index (χ2v) is 7.00. The van der Waals surface area contributed by atoms with Crippen LogP contribution in [0.3, 0.4) is 0 Å². The van der Waals surface area contributed by atoms with Crippen molar-refractivity contribution in [3.63, 3.8) is 0 Å². The third-order valence-electron chi connectivity index (χ3n) is 3.99. The molecule has 2 nitrogen and oxygen atoms in total. The van der Waals surface area contributed by atoms with Crippen LogP contribution in [0.5, 0.6) is 0 Å². The summed E-state index contributed by atoms with van der Waals surface area (Å²) in [7, 11) is 3.89. The smallest absolute Gasteiger partial charge is 0.156 e. The van der Waals surface area contributed by atoms with Crippen LogP contribution in [-0.2, 0) is 16.6 Å². The van der Waals surface area contributed by atoms with E-state index >= 15 is 0 Å². The Morgan fingerprint density at radius 1 is 1.00 bits per heavy atom. The third kappa shape index (κ3) is 3.90. The highest BCUT2D eigenvalue weighted by Gasteiger charge is 2.29. The number of carbonyl (C=O) groups is 1. The fourth-order valence-electron chi connectivity index (χ4n) is 1.77. The van der Waals surface area contributed by atoms with Gasteiger partial charge in [0, 0.05) is 6.42 Å². The van der Waals surface area contributed by atoms with Crippen LogP contribution in [0.15, 0.2) is 24.3 Å². The fourth-order valence-corrected chi connectivity index (χ4v) is 1.77. The van der Waals surface area contributed by atoms with Crippen LogP contribution in [-0.4, -0.2) is 30.3 Å². The molecular formula is C17H27NO. The highest BCUT2D eigenvalue weighted by molar-refractivity contribution is 5.89. The molecule has 106 valence electrons. The maximum absolute atomic E-state index is 12.3. The number of likely N-dealkylation sites (N-methyl/N-ethyl adjacent to an activating group) is 1. The molecular weight excluding hydrogens is 234 g/mol. The summed E-state index contributed by atoms with van der Waals surface area (Å²) in [6.45, 7) is 10.5. The van der Waals surface area contributed by atoms with Crippen molar-refractivity contribution in [1.29, 1.82) is 0 Å². The second kappa shape index (κ2) is 5.46. The van der Waals surface area contributed by atoms with Crippen molar-refractivity contribution < 1.29 is 4.79 Å². The maximum Gasteiger partial charge on any atom is 0.156 e. The van der Waals surface area contributed by atoms with Crippen molar-refractivity contribution in [2.75, 3.05) is 14.1 Å². The van der Waals surface area contributed by atoms with E-state index in [1.807, 2.05) is 32.8 Å². The average Bonchev–Trinajstić information content (AvgIpc) is 2.28. The van der Waals surface area contributed by atoms with Gasteiger partial charge >= 0.3 is 0 Å². The number of hydrogen-bond donors (Lipinski definition) is 0. The summed E-state index contributed by atoms with van der Waals surface area (Å²) < 4.78 is 0. The summed E-state index contributed by atoms with van der Waals surface area (Å²) in [6.07, 6.45) is 0.496. The molecule has 0 heterocycles. The topological polar surface area (TPSA) is 20.3 Å². The average molecular weight is 261 g/mol. The summed E-state index contributed by atoms with van der Waals surface area (Å²) in [6, 6.07) is 8.41. The van der Waals surface area contributed by atoms with E-state index in [0.29, 0.717) is 6.42 Å². The van der Waals surface area contributed by atoms with Crippen molar-refractivity contribution >= 4 is 5.78 Å². The first-order valence-corrected chi connectivity index (χ1v) is 6.85. The molecule has 19 heavy (non-hydrogen) atoms. The van der Waals surface area contributed by atoms with Gasteiger partial charge in [-0.15, -0.1) is 0 Å². The molecule has 0 fully saturated rings. The minimum absolute atomic E-state index is 0.158. The quantitative estimate of drug-likeness (QED) is 0.827. The lowest BCUT2D eigenvalue weighted by molar-refractivity contribution is -0.127. The van der Waals surface area contributed by atoms with E-state index in [-0.39, 0.29) is 11.2 Å². The zero-order valence-corrected chi connectivity index (χ0v) is 13.4. The number of benzene rings is 1. The van der Waals surface area contributed by atoms with Gasteiger partial charge in [-0.1, -0.05) is 45.0 Å². The standard InChI is InChI=1S/C17H27NO/c1-16(2,3)14-10-8-13(9-11-14)12-15(19)17(4,5)18(6)7/h8-11H,12H2,1-7H3. The van der Waals surface area contributed by atoms with Gasteiger partial charge in [0.1, 0.15) is 0 Å². The molecule has 0 aliphatic heterocycles. The Morgan fingerprint density at radius 3 is 1.84 bits per heavy atom. The van der Waals surface area contributed by atoms with Gasteiger partial charge in [-0.05, 0) is 44.5 Å². The van der Waals surface area contributed by atoms with Gasteiger partial charge in [0.05, 0.1) is 5.54 Å². The van der Waals surface area contributed by atoms with E-state index in [0.717, 1.165) is 5.56 Å². The normalized spacial score (nSPS) is 12.8. The number of ketones is 1. The predicted molar refractivity (Wildman–Crippen MR) is 81.6 cm³/mol. The summed E-state index contributed by atoms with van der Waals surface area (Å²) in [5.74, 6) is 0.251. The monoisotopic (exact) mass is 261 g/mol. The minimum atomic E-state index is -0.414. The molecule has 0 aromatic heterocycles. The predicted octanol–water partition coefficient (Wildman–Crippen LogP) is 3.44. The second-order valence-electron chi connectivity index (χ2n) is 7.00. The molecule has 0 atom stereocenters. The first-order valence-electron chi connectivity index (χ1n) is 6.85. The van der Waals surface area contributed by atoms with Gasteiger partial charge in [0.2, 0.25) is 0 Å². The van der Waals surface area contributed by atoms with Crippen LogP contribution in [0.4, 0.5) is 0 Å². The lowest BCUT2D eigenvalue weighted by Crippen LogP contribution is -2.46. The third-order valence-corrected chi connectivity index (χ3v) is 3.99. The molecule has 0 bridgehead atoms. The number of nitrogens with zero attached hydrogens (tertiary/aromatic N) is 1. The van der Waals surface area contributed by atoms with Gasteiger partial charge in [-0.2, -0.15) is 0 Å². The van der Waals surface area contributed by atoms with Crippen molar-refractivity contribution in [2.24, 2.45) is 0 Å². The molecule has 0 aliphatic carbocycles. The Hall–Kier alpha value is -1.15. The van der Waals surface area contributed by atoms with Crippen molar-refractivity contribution in [1.82, 2.24) is 4.90 Å². The minimum Gasteiger partial charge on any atom is -0.298 e. The van der Waals surface area contributed by atoms with Gasteiger partial charge < -0.3 is 0 Å². The molecule has 0 aliphatic rings. The van der Waals surface area contributed by atoms with Gasteiger partial charge in [-0.3, -0.25) is 9.69 Å². The fraction of sp³-hybridized carbons (Fsp3) is 0.588. The molecule has 0 N–H and O–H groups in total. The van der Waals surface area contributed by atoms with Crippen LogP contribution in [0.1, 0.15) is 45.7 Å². The van der Waals surface area contributed by atoms with Crippen molar-refractivity contribution in [2.45, 2.75) is 52.0 Å². The number of Topliss-reactive ketones (excluding diaryl/α,β-unsaturated/α-hetero) is 1. The molecule has 1 aromatic carbocycles. The zero-order valence-electron chi connectivity index (χ0n) is 13.4. The molecule has 0 radical (unpaired) electrons. The Bertz CT molecular complexity index is 435. The van der Waals surface area contributed by atoms with E-state index in [1.54, 1.807) is 0 Å². The van der Waals surface area contributed by atoms with Crippen LogP contribution >= 0.6 is 0 Å². The summed E-state index contributed by atoms with van der Waals surface area (Å²) in [4.78, 5) is 14.3. The first kappa shape index (κ1) is 15.9. The molecule has 2 heteroatoms. The molecule has 0 spiro atoms. The number of hydrogen-bond acceptors (Lipinski definition) is 2. The van der Waals surface area contributed by atoms with Gasteiger partial charge in [-0.25, -0.2) is 0 Å². The highest BCUT2D eigenvalue weighted by atomic mass is 16.1. The van der Waals surface area contributed by atoms with Gasteiger partial charge in [0.15, 0.2) is 5.78 Å². The molecule has 0 saturated carbocycles. The lowest BCUT2D eigenvalue weighted by Gasteiger charge is -2.31. The van der Waals surface area contributed by atoms with E-state index in [2.05, 4.69) is 45.0 Å². The van der Waals surface area contributed by atoms with Crippen LogP contribution in [0, 0.1) is 0 Å². The Kier molecular flexibility index (Phi) is 4.57. The Labute approximate surface area is 117 Å². The highest BCUT2D eigenvalue weighted by Crippen LogP contribution is 2.23. The number of rotatable bonds is 4. The largest absolute Gasteiger partial charge is 0.298 e. The lowest BCUT2D eigenvalue weighted by atomic mass is 9.85. The van der Waals surface area contributed by atoms with Gasteiger partial charge in [0.25, 0.3) is 0 Å². The maximum atomic E-state index is 12.3. The summed E-state index contributed by atoms with van der Waals surface area (Å²) >= 11 is 0. The zero-order chi connectivity index (χ0) is 14.8.